The molecule has 0 aliphatic rings. The average Bonchev–Trinajstić information content (AvgIpc) is 2.35. The number of rotatable bonds is 5. The van der Waals surface area contributed by atoms with Gasteiger partial charge in [0, 0.05) is 0 Å². The normalized spacial score (nSPS) is 13.7. The van der Waals surface area contributed by atoms with Crippen molar-refractivity contribution in [3.63, 3.8) is 0 Å². The minimum Gasteiger partial charge on any atom is -0.497 e. The Hall–Kier alpha value is -2.19. The van der Waals surface area contributed by atoms with Gasteiger partial charge in [0.1, 0.15) is 11.9 Å². The van der Waals surface area contributed by atoms with E-state index >= 15 is 0 Å². The van der Waals surface area contributed by atoms with E-state index in [1.54, 1.807) is 0 Å². The van der Waals surface area contributed by atoms with Crippen LogP contribution in [0.3, 0.4) is 0 Å². The number of nitro benzene ring substituents is 1. The highest BCUT2D eigenvalue weighted by atomic mass is 16.6. The van der Waals surface area contributed by atoms with E-state index in [2.05, 4.69) is 0 Å². The molecule has 98 valence electrons. The van der Waals surface area contributed by atoms with Crippen LogP contribution in [0, 0.1) is 10.1 Å². The van der Waals surface area contributed by atoms with Gasteiger partial charge in [-0.25, -0.2) is 4.79 Å². The third-order valence-electron chi connectivity index (χ3n) is 2.31. The Morgan fingerprint density at radius 1 is 1.44 bits per heavy atom. The molecular formula is C10H11NO7. The Kier molecular flexibility index (Phi) is 4.18. The number of hydrogen-bond donors (Lipinski definition) is 3. The molecule has 8 heteroatoms. The molecule has 0 bridgehead atoms. The molecule has 8 nitrogen and oxygen atoms in total. The largest absolute Gasteiger partial charge is 0.497 e. The maximum absolute atomic E-state index is 10.8. The Morgan fingerprint density at radius 3 is 2.50 bits per heavy atom. The van der Waals surface area contributed by atoms with E-state index < -0.39 is 28.8 Å². The molecule has 0 saturated heterocycles. The van der Waals surface area contributed by atoms with Crippen molar-refractivity contribution in [2.45, 2.75) is 12.2 Å². The van der Waals surface area contributed by atoms with E-state index in [0.29, 0.717) is 0 Å². The zero-order valence-electron chi connectivity index (χ0n) is 9.31. The number of aliphatic carboxylic acids is 1. The number of aliphatic hydroxyl groups excluding tert-OH is 2. The van der Waals surface area contributed by atoms with Gasteiger partial charge in [-0.2, -0.15) is 0 Å². The SMILES string of the molecule is COc1ccc([C@H](O)[C@@H](O)C(=O)O)c([N+](=O)[O-])c1. The number of ether oxygens (including phenoxy) is 1. The van der Waals surface area contributed by atoms with E-state index in [0.717, 1.165) is 12.1 Å². The lowest BCUT2D eigenvalue weighted by Gasteiger charge is -2.14. The van der Waals surface area contributed by atoms with Gasteiger partial charge in [0.25, 0.3) is 5.69 Å². The van der Waals surface area contributed by atoms with Crippen LogP contribution in [0.25, 0.3) is 0 Å². The third-order valence-corrected chi connectivity index (χ3v) is 2.31. The molecular weight excluding hydrogens is 246 g/mol. The van der Waals surface area contributed by atoms with Gasteiger partial charge in [0.2, 0.25) is 0 Å². The number of hydrogen-bond acceptors (Lipinski definition) is 6. The van der Waals surface area contributed by atoms with Crippen LogP contribution >= 0.6 is 0 Å². The van der Waals surface area contributed by atoms with Crippen molar-refractivity contribution in [3.8, 4) is 5.75 Å². The van der Waals surface area contributed by atoms with E-state index in [-0.39, 0.29) is 11.3 Å². The summed E-state index contributed by atoms with van der Waals surface area (Å²) in [6, 6.07) is 3.49. The highest BCUT2D eigenvalue weighted by Crippen LogP contribution is 2.30. The molecule has 0 aliphatic carbocycles. The fourth-order valence-electron chi connectivity index (χ4n) is 1.36. The highest BCUT2D eigenvalue weighted by Gasteiger charge is 2.31. The summed E-state index contributed by atoms with van der Waals surface area (Å²) < 4.78 is 4.78. The summed E-state index contributed by atoms with van der Waals surface area (Å²) in [4.78, 5) is 20.5. The predicted octanol–water partition coefficient (Wildman–Crippen LogP) is 0.0823. The molecule has 0 aromatic heterocycles. The summed E-state index contributed by atoms with van der Waals surface area (Å²) in [6.07, 6.45) is -4.04. The summed E-state index contributed by atoms with van der Waals surface area (Å²) in [5.41, 5.74) is -0.821. The first-order valence-corrected chi connectivity index (χ1v) is 4.79. The summed E-state index contributed by atoms with van der Waals surface area (Å²) in [5.74, 6) is -1.49. The maximum Gasteiger partial charge on any atom is 0.335 e. The molecule has 1 aromatic rings. The van der Waals surface area contributed by atoms with Crippen molar-refractivity contribution in [2.24, 2.45) is 0 Å². The minimum atomic E-state index is -2.14. The first-order chi connectivity index (χ1) is 8.38. The number of carboxylic acid groups (broad SMARTS) is 1. The number of carboxylic acids is 1. The van der Waals surface area contributed by atoms with Crippen LogP contribution in [-0.4, -0.2) is 39.4 Å². The molecule has 0 radical (unpaired) electrons. The predicted molar refractivity (Wildman–Crippen MR) is 58.3 cm³/mol. The van der Waals surface area contributed by atoms with Crippen molar-refractivity contribution in [2.75, 3.05) is 7.11 Å². The molecule has 3 N–H and O–H groups in total. The zero-order chi connectivity index (χ0) is 13.9. The van der Waals surface area contributed by atoms with Crippen LogP contribution < -0.4 is 4.74 Å². The molecule has 1 aromatic carbocycles. The van der Waals surface area contributed by atoms with Crippen LogP contribution in [0.15, 0.2) is 18.2 Å². The molecule has 0 amide bonds. The van der Waals surface area contributed by atoms with Gasteiger partial charge < -0.3 is 20.1 Å². The summed E-state index contributed by atoms with van der Waals surface area (Å²) in [6.45, 7) is 0. The van der Waals surface area contributed by atoms with Gasteiger partial charge in [0.05, 0.1) is 23.7 Å². The van der Waals surface area contributed by atoms with Gasteiger partial charge in [-0.05, 0) is 12.1 Å². The topological polar surface area (TPSA) is 130 Å². The standard InChI is InChI=1S/C10H11NO7/c1-18-5-2-3-6(7(4-5)11(16)17)8(12)9(13)10(14)15/h2-4,8-9,12-13H,1H3,(H,14,15)/t8-,9+/m0/s1. The van der Waals surface area contributed by atoms with Crippen LogP contribution in [0.4, 0.5) is 5.69 Å². The van der Waals surface area contributed by atoms with Gasteiger partial charge in [-0.1, -0.05) is 0 Å². The fourth-order valence-corrected chi connectivity index (χ4v) is 1.36. The number of aliphatic hydroxyl groups is 2. The molecule has 0 heterocycles. The van der Waals surface area contributed by atoms with Crippen molar-refractivity contribution >= 4 is 11.7 Å². The second-order valence-electron chi connectivity index (χ2n) is 3.41. The third kappa shape index (κ3) is 2.73. The Balaban J connectivity index is 3.23. The molecule has 0 aliphatic heterocycles. The maximum atomic E-state index is 10.8. The smallest absolute Gasteiger partial charge is 0.335 e. The van der Waals surface area contributed by atoms with E-state index in [1.807, 2.05) is 0 Å². The van der Waals surface area contributed by atoms with Crippen molar-refractivity contribution in [3.05, 3.63) is 33.9 Å². The molecule has 2 atom stereocenters. The summed E-state index contributed by atoms with van der Waals surface area (Å²) in [5, 5.41) is 38.1. The monoisotopic (exact) mass is 257 g/mol. The number of methoxy groups -OCH3 is 1. The first kappa shape index (κ1) is 13.9. The van der Waals surface area contributed by atoms with Gasteiger partial charge in [-0.15, -0.1) is 0 Å². The number of benzene rings is 1. The number of nitro groups is 1. The molecule has 0 spiro atoms. The van der Waals surface area contributed by atoms with Gasteiger partial charge in [-0.3, -0.25) is 10.1 Å². The Bertz CT molecular complexity index is 473. The van der Waals surface area contributed by atoms with E-state index in [4.69, 9.17) is 9.84 Å². The lowest BCUT2D eigenvalue weighted by Crippen LogP contribution is -2.27. The summed E-state index contributed by atoms with van der Waals surface area (Å²) in [7, 11) is 1.31. The minimum absolute atomic E-state index is 0.183. The van der Waals surface area contributed by atoms with Crippen molar-refractivity contribution < 1.29 is 29.8 Å². The van der Waals surface area contributed by atoms with Crippen molar-refractivity contribution in [1.29, 1.82) is 0 Å². The van der Waals surface area contributed by atoms with E-state index in [9.17, 15) is 25.1 Å². The molecule has 0 fully saturated rings. The lowest BCUT2D eigenvalue weighted by atomic mass is 10.0. The number of carbonyl (C=O) groups is 1. The average molecular weight is 257 g/mol. The molecule has 1 rings (SSSR count). The van der Waals surface area contributed by atoms with Crippen LogP contribution in [0.5, 0.6) is 5.75 Å². The quantitative estimate of drug-likeness (QED) is 0.503. The first-order valence-electron chi connectivity index (χ1n) is 4.79. The highest BCUT2D eigenvalue weighted by molar-refractivity contribution is 5.73. The summed E-state index contributed by atoms with van der Waals surface area (Å²) >= 11 is 0. The van der Waals surface area contributed by atoms with Crippen molar-refractivity contribution in [1.82, 2.24) is 0 Å². The second kappa shape index (κ2) is 5.43. The van der Waals surface area contributed by atoms with E-state index in [1.165, 1.54) is 13.2 Å². The fraction of sp³-hybridized carbons (Fsp3) is 0.300. The number of nitrogens with zero attached hydrogens (tertiary/aromatic N) is 1. The van der Waals surface area contributed by atoms with Crippen LogP contribution in [0.2, 0.25) is 0 Å². The van der Waals surface area contributed by atoms with Gasteiger partial charge in [0.15, 0.2) is 6.10 Å². The van der Waals surface area contributed by atoms with Crippen LogP contribution in [-0.2, 0) is 4.79 Å². The molecule has 0 saturated carbocycles. The molecule has 0 unspecified atom stereocenters. The second-order valence-corrected chi connectivity index (χ2v) is 3.41. The molecule has 18 heavy (non-hydrogen) atoms. The van der Waals surface area contributed by atoms with Crippen LogP contribution in [0.1, 0.15) is 11.7 Å². The Morgan fingerprint density at radius 2 is 2.06 bits per heavy atom. The zero-order valence-corrected chi connectivity index (χ0v) is 9.31. The Labute approximate surface area is 101 Å². The lowest BCUT2D eigenvalue weighted by molar-refractivity contribution is -0.386. The van der Waals surface area contributed by atoms with Gasteiger partial charge >= 0.3 is 5.97 Å².